The predicted molar refractivity (Wildman–Crippen MR) is 141 cm³/mol. The molecule has 3 aromatic rings. The molecule has 214 valence electrons. The third-order valence-corrected chi connectivity index (χ3v) is 9.99. The number of ether oxygens (including phenoxy) is 1. The Labute approximate surface area is 238 Å². The van der Waals surface area contributed by atoms with Gasteiger partial charge < -0.3 is 9.64 Å². The summed E-state index contributed by atoms with van der Waals surface area (Å²) in [5.74, 6) is -4.66. The molecule has 8 nitrogen and oxygen atoms in total. The van der Waals surface area contributed by atoms with Crippen molar-refractivity contribution in [3.63, 3.8) is 0 Å². The maximum absolute atomic E-state index is 13.9. The number of thiazole rings is 1. The highest BCUT2D eigenvalue weighted by Crippen LogP contribution is 2.54. The zero-order chi connectivity index (χ0) is 29.1. The Balaban J connectivity index is 1.45. The molecular formula is C27H21F4N3O5S2. The van der Waals surface area contributed by atoms with Gasteiger partial charge in [0.05, 0.1) is 35.4 Å². The van der Waals surface area contributed by atoms with Gasteiger partial charge in [-0.25, -0.2) is 9.29 Å². The Morgan fingerprint density at radius 2 is 1.66 bits per heavy atom. The molecule has 3 amide bonds. The first kappa shape index (κ1) is 27.7. The van der Waals surface area contributed by atoms with Gasteiger partial charge in [0.25, 0.3) is 0 Å². The number of hydrogen-bond donors (Lipinski definition) is 0. The molecule has 3 aliphatic rings. The molecule has 0 aliphatic carbocycles. The van der Waals surface area contributed by atoms with Gasteiger partial charge in [-0.1, -0.05) is 47.4 Å². The number of aromatic nitrogens is 1. The quantitative estimate of drug-likeness (QED) is 0.332. The molecule has 0 radical (unpaired) electrons. The second-order valence-electron chi connectivity index (χ2n) is 9.74. The average molecular weight is 608 g/mol. The Morgan fingerprint density at radius 3 is 2.34 bits per heavy atom. The molecule has 6 rings (SSSR count). The van der Waals surface area contributed by atoms with Crippen molar-refractivity contribution in [2.24, 2.45) is 5.92 Å². The number of imide groups is 1. The Hall–Kier alpha value is -3.49. The van der Waals surface area contributed by atoms with Crippen molar-refractivity contribution in [1.82, 2.24) is 9.47 Å². The van der Waals surface area contributed by atoms with E-state index in [2.05, 4.69) is 0 Å². The van der Waals surface area contributed by atoms with Gasteiger partial charge in [0.1, 0.15) is 17.6 Å². The fourth-order valence-corrected chi connectivity index (χ4v) is 8.25. The number of carbonyl (C=O) groups is 3. The van der Waals surface area contributed by atoms with Crippen molar-refractivity contribution in [3.05, 3.63) is 80.0 Å². The van der Waals surface area contributed by atoms with Gasteiger partial charge in [0, 0.05) is 23.9 Å². The normalized spacial score (nSPS) is 22.6. The third kappa shape index (κ3) is 4.77. The Bertz CT molecular complexity index is 1600. The van der Waals surface area contributed by atoms with Crippen LogP contribution in [0.4, 0.5) is 23.2 Å². The van der Waals surface area contributed by atoms with Gasteiger partial charge in [-0.05, 0) is 29.8 Å². The maximum atomic E-state index is 13.9. The number of anilines is 1. The second-order valence-corrected chi connectivity index (χ2v) is 11.9. The molecule has 2 fully saturated rings. The molecule has 0 N–H and O–H groups in total. The summed E-state index contributed by atoms with van der Waals surface area (Å²) in [6.45, 7) is 1.12. The van der Waals surface area contributed by atoms with Crippen LogP contribution in [0.15, 0.2) is 58.4 Å². The SMILES string of the molecule is O=C(Cn1c2c(sc1=O)[C@@H](c1ccc(F)cc1)[C@@H]1C(=O)N(c3ccccc3C(F)(F)F)C(=O)[C@@H]1S2)N1CCOCC1. The van der Waals surface area contributed by atoms with E-state index in [0.29, 0.717) is 46.7 Å². The fraction of sp³-hybridized carbons (Fsp3) is 0.333. The molecule has 0 bridgehead atoms. The number of amides is 3. The van der Waals surface area contributed by atoms with Crippen LogP contribution in [0.3, 0.4) is 0 Å². The van der Waals surface area contributed by atoms with Crippen LogP contribution in [0, 0.1) is 11.7 Å². The number of hydrogen-bond acceptors (Lipinski definition) is 7. The van der Waals surface area contributed by atoms with E-state index in [1.54, 1.807) is 4.90 Å². The monoisotopic (exact) mass is 607 g/mol. The molecule has 14 heteroatoms. The molecule has 0 saturated carbocycles. The van der Waals surface area contributed by atoms with E-state index < -0.39 is 57.0 Å². The van der Waals surface area contributed by atoms with Crippen molar-refractivity contribution in [2.45, 2.75) is 28.9 Å². The predicted octanol–water partition coefficient (Wildman–Crippen LogP) is 3.72. The van der Waals surface area contributed by atoms with Crippen LogP contribution in [-0.4, -0.2) is 58.7 Å². The van der Waals surface area contributed by atoms with Crippen molar-refractivity contribution >= 4 is 46.5 Å². The molecule has 0 unspecified atom stereocenters. The van der Waals surface area contributed by atoms with Gasteiger partial charge in [0.2, 0.25) is 17.7 Å². The van der Waals surface area contributed by atoms with Crippen LogP contribution in [0.25, 0.3) is 0 Å². The van der Waals surface area contributed by atoms with Crippen LogP contribution in [0.2, 0.25) is 0 Å². The van der Waals surface area contributed by atoms with Crippen molar-refractivity contribution in [2.75, 3.05) is 31.2 Å². The van der Waals surface area contributed by atoms with Crippen molar-refractivity contribution in [1.29, 1.82) is 0 Å². The lowest BCUT2D eigenvalue weighted by molar-refractivity contribution is -0.137. The van der Waals surface area contributed by atoms with E-state index in [0.717, 1.165) is 35.2 Å². The minimum Gasteiger partial charge on any atom is -0.378 e. The number of rotatable bonds is 4. The largest absolute Gasteiger partial charge is 0.418 e. The lowest BCUT2D eigenvalue weighted by Crippen LogP contribution is -2.43. The van der Waals surface area contributed by atoms with Crippen LogP contribution < -0.4 is 9.77 Å². The molecule has 1 aromatic heterocycles. The summed E-state index contributed by atoms with van der Waals surface area (Å²) in [5, 5.41) is -0.880. The standard InChI is InChI=1S/C27H21F4N3O5S2/c28-15-7-5-14(6-8-15)19-20-21(24(37)34(23(20)36)17-4-2-1-3-16(17)27(29,30)31)40-25-22(19)41-26(38)33(25)13-18(35)32-9-11-39-12-10-32/h1-8,19-21H,9-13H2/t19-,20-,21+/m0/s1. The first-order valence-electron chi connectivity index (χ1n) is 12.6. The minimum atomic E-state index is -4.83. The summed E-state index contributed by atoms with van der Waals surface area (Å²) < 4.78 is 62.0. The molecule has 0 spiro atoms. The van der Waals surface area contributed by atoms with E-state index in [1.807, 2.05) is 0 Å². The number of carbonyl (C=O) groups excluding carboxylic acids is 3. The molecule has 2 saturated heterocycles. The summed E-state index contributed by atoms with van der Waals surface area (Å²) in [7, 11) is 0. The average Bonchev–Trinajstić information content (AvgIpc) is 3.39. The van der Waals surface area contributed by atoms with Crippen LogP contribution in [-0.2, 0) is 31.8 Å². The van der Waals surface area contributed by atoms with E-state index in [-0.39, 0.29) is 12.5 Å². The van der Waals surface area contributed by atoms with Gasteiger partial charge >= 0.3 is 11.0 Å². The number of fused-ring (bicyclic) bond motifs is 2. The van der Waals surface area contributed by atoms with Gasteiger partial charge in [-0.2, -0.15) is 13.2 Å². The van der Waals surface area contributed by atoms with Crippen LogP contribution in [0.5, 0.6) is 0 Å². The number of morpholine rings is 1. The number of thioether (sulfide) groups is 1. The van der Waals surface area contributed by atoms with Crippen LogP contribution in [0.1, 0.15) is 21.9 Å². The molecular weight excluding hydrogens is 586 g/mol. The lowest BCUT2D eigenvalue weighted by Gasteiger charge is -2.31. The van der Waals surface area contributed by atoms with Crippen molar-refractivity contribution in [3.8, 4) is 0 Å². The summed E-state index contributed by atoms with van der Waals surface area (Å²) in [6, 6.07) is 9.54. The molecule has 41 heavy (non-hydrogen) atoms. The molecule has 3 atom stereocenters. The maximum Gasteiger partial charge on any atom is 0.418 e. The molecule has 2 aromatic carbocycles. The molecule has 3 aliphatic heterocycles. The number of halogens is 4. The number of benzene rings is 2. The number of para-hydroxylation sites is 1. The van der Waals surface area contributed by atoms with Gasteiger partial charge in [-0.3, -0.25) is 23.7 Å². The summed E-state index contributed by atoms with van der Waals surface area (Å²) in [5.41, 5.74) is -1.29. The van der Waals surface area contributed by atoms with E-state index in [9.17, 15) is 36.7 Å². The van der Waals surface area contributed by atoms with E-state index in [1.165, 1.54) is 41.0 Å². The summed E-state index contributed by atoms with van der Waals surface area (Å²) in [6.07, 6.45) is -4.83. The first-order chi connectivity index (χ1) is 19.6. The highest BCUT2D eigenvalue weighted by Gasteiger charge is 2.57. The van der Waals surface area contributed by atoms with Crippen LogP contribution >= 0.6 is 23.1 Å². The van der Waals surface area contributed by atoms with E-state index in [4.69, 9.17) is 4.74 Å². The van der Waals surface area contributed by atoms with Gasteiger partial charge in [-0.15, -0.1) is 0 Å². The number of nitrogens with zero attached hydrogens (tertiary/aromatic N) is 3. The zero-order valence-corrected chi connectivity index (χ0v) is 22.7. The Morgan fingerprint density at radius 1 is 0.976 bits per heavy atom. The van der Waals surface area contributed by atoms with Crippen molar-refractivity contribution < 1.29 is 36.7 Å². The Kier molecular flexibility index (Phi) is 7.02. The third-order valence-electron chi connectivity index (χ3n) is 7.39. The summed E-state index contributed by atoms with van der Waals surface area (Å²) >= 11 is 1.70. The lowest BCUT2D eigenvalue weighted by atomic mass is 9.83. The smallest absolute Gasteiger partial charge is 0.378 e. The first-order valence-corrected chi connectivity index (χ1v) is 14.3. The zero-order valence-electron chi connectivity index (χ0n) is 21.1. The fourth-order valence-electron chi connectivity index (χ4n) is 5.48. The minimum absolute atomic E-state index is 0.296. The highest BCUT2D eigenvalue weighted by atomic mass is 32.2. The summed E-state index contributed by atoms with van der Waals surface area (Å²) in [4.78, 5) is 55.9. The molecule has 4 heterocycles. The topological polar surface area (TPSA) is 88.9 Å². The highest BCUT2D eigenvalue weighted by molar-refractivity contribution is 8.00. The number of alkyl halides is 3. The van der Waals surface area contributed by atoms with Gasteiger partial charge in [0.15, 0.2) is 0 Å². The second kappa shape index (κ2) is 10.4. The van der Waals surface area contributed by atoms with E-state index >= 15 is 0 Å².